The number of aliphatic hydroxyl groups excluding tert-OH is 1. The first kappa shape index (κ1) is 12.7. The van der Waals surface area contributed by atoms with Crippen LogP contribution in [0.2, 0.25) is 0 Å². The number of nitro groups is 1. The van der Waals surface area contributed by atoms with Crippen LogP contribution in [0.4, 0.5) is 0 Å². The van der Waals surface area contributed by atoms with Crippen LogP contribution in [0.25, 0.3) is 0 Å². The van der Waals surface area contributed by atoms with E-state index in [1.807, 2.05) is 6.07 Å². The van der Waals surface area contributed by atoms with E-state index in [1.54, 1.807) is 24.3 Å². The number of nitrogens with zero attached hydrogens (tertiary/aromatic N) is 1. The van der Waals surface area contributed by atoms with Crippen molar-refractivity contribution in [3.8, 4) is 0 Å². The third kappa shape index (κ3) is 2.26. The van der Waals surface area contributed by atoms with E-state index in [4.69, 9.17) is 0 Å². The standard InChI is InChI=1S/C13H15NO4/c15-8-10-6-7-11(16)13(14(17)18)12(10)9-4-2-1-3-5-9/h1-5,8,10-13,16H,6-7H2/t10-,11-,12-,13-/m1/s1. The van der Waals surface area contributed by atoms with Crippen LogP contribution in [0.1, 0.15) is 24.3 Å². The molecule has 0 amide bonds. The lowest BCUT2D eigenvalue weighted by Crippen LogP contribution is -2.46. The fourth-order valence-electron chi connectivity index (χ4n) is 2.75. The molecule has 1 aromatic carbocycles. The van der Waals surface area contributed by atoms with Gasteiger partial charge in [0.1, 0.15) is 12.4 Å². The molecule has 0 radical (unpaired) electrons. The van der Waals surface area contributed by atoms with Crippen molar-refractivity contribution in [3.63, 3.8) is 0 Å². The van der Waals surface area contributed by atoms with Gasteiger partial charge in [0.15, 0.2) is 0 Å². The fraction of sp³-hybridized carbons (Fsp3) is 0.462. The molecule has 1 fully saturated rings. The molecule has 0 aliphatic heterocycles. The molecule has 1 aromatic rings. The Labute approximate surface area is 105 Å². The van der Waals surface area contributed by atoms with Gasteiger partial charge in [-0.15, -0.1) is 0 Å². The van der Waals surface area contributed by atoms with Gasteiger partial charge in [-0.3, -0.25) is 10.1 Å². The Balaban J connectivity index is 2.40. The Morgan fingerprint density at radius 2 is 1.94 bits per heavy atom. The van der Waals surface area contributed by atoms with Crippen molar-refractivity contribution in [2.24, 2.45) is 5.92 Å². The number of benzene rings is 1. The maximum absolute atomic E-state index is 11.1. The molecule has 4 atom stereocenters. The lowest BCUT2D eigenvalue weighted by Gasteiger charge is -2.33. The number of carbonyl (C=O) groups excluding carboxylic acids is 1. The van der Waals surface area contributed by atoms with E-state index >= 15 is 0 Å². The highest BCUT2D eigenvalue weighted by atomic mass is 16.6. The van der Waals surface area contributed by atoms with Gasteiger partial charge in [-0.05, 0) is 18.4 Å². The topological polar surface area (TPSA) is 80.4 Å². The minimum absolute atomic E-state index is 0.304. The van der Waals surface area contributed by atoms with Crippen molar-refractivity contribution < 1.29 is 14.8 Å². The van der Waals surface area contributed by atoms with Crippen LogP contribution in [0.15, 0.2) is 30.3 Å². The third-order valence-corrected chi connectivity index (χ3v) is 3.62. The molecule has 5 nitrogen and oxygen atoms in total. The molecule has 96 valence electrons. The molecule has 0 unspecified atom stereocenters. The summed E-state index contributed by atoms with van der Waals surface area (Å²) in [5.41, 5.74) is 0.745. The molecular formula is C13H15NO4. The zero-order valence-electron chi connectivity index (χ0n) is 9.81. The second-order valence-electron chi connectivity index (χ2n) is 4.66. The summed E-state index contributed by atoms with van der Waals surface area (Å²) in [7, 11) is 0. The zero-order chi connectivity index (χ0) is 13.1. The summed E-state index contributed by atoms with van der Waals surface area (Å²) in [6, 6.07) is 7.84. The lowest BCUT2D eigenvalue weighted by molar-refractivity contribution is -0.542. The first-order valence-corrected chi connectivity index (χ1v) is 5.97. The van der Waals surface area contributed by atoms with Crippen LogP contribution in [0.3, 0.4) is 0 Å². The van der Waals surface area contributed by atoms with E-state index in [-0.39, 0.29) is 0 Å². The number of carbonyl (C=O) groups is 1. The SMILES string of the molecule is O=C[C@H]1CC[C@@H](O)[C@@H]([N+](=O)[O-])[C@@H]1c1ccccc1. The van der Waals surface area contributed by atoms with E-state index < -0.39 is 28.9 Å². The van der Waals surface area contributed by atoms with Gasteiger partial charge in [0.2, 0.25) is 6.04 Å². The molecule has 18 heavy (non-hydrogen) atoms. The van der Waals surface area contributed by atoms with Crippen LogP contribution in [-0.2, 0) is 4.79 Å². The van der Waals surface area contributed by atoms with Gasteiger partial charge in [0.25, 0.3) is 0 Å². The van der Waals surface area contributed by atoms with Crippen LogP contribution in [0.5, 0.6) is 0 Å². The second kappa shape index (κ2) is 5.27. The molecule has 1 saturated carbocycles. The largest absolute Gasteiger partial charge is 0.386 e. The molecule has 0 bridgehead atoms. The van der Waals surface area contributed by atoms with Gasteiger partial charge < -0.3 is 9.90 Å². The smallest absolute Gasteiger partial charge is 0.245 e. The normalized spacial score (nSPS) is 31.8. The minimum Gasteiger partial charge on any atom is -0.386 e. The van der Waals surface area contributed by atoms with Crippen molar-refractivity contribution in [2.75, 3.05) is 0 Å². The van der Waals surface area contributed by atoms with Gasteiger partial charge in [-0.1, -0.05) is 30.3 Å². The molecule has 1 aliphatic rings. The second-order valence-corrected chi connectivity index (χ2v) is 4.66. The third-order valence-electron chi connectivity index (χ3n) is 3.62. The van der Waals surface area contributed by atoms with Crippen molar-refractivity contribution in [1.29, 1.82) is 0 Å². The van der Waals surface area contributed by atoms with Gasteiger partial charge in [-0.25, -0.2) is 0 Å². The molecule has 1 N–H and O–H groups in total. The van der Waals surface area contributed by atoms with Crippen molar-refractivity contribution in [2.45, 2.75) is 30.9 Å². The van der Waals surface area contributed by atoms with E-state index in [0.717, 1.165) is 11.8 Å². The highest BCUT2D eigenvalue weighted by molar-refractivity contribution is 5.56. The van der Waals surface area contributed by atoms with Crippen molar-refractivity contribution >= 4 is 6.29 Å². The summed E-state index contributed by atoms with van der Waals surface area (Å²) in [5, 5.41) is 21.0. The van der Waals surface area contributed by atoms with E-state index in [2.05, 4.69) is 0 Å². The van der Waals surface area contributed by atoms with E-state index in [0.29, 0.717) is 12.8 Å². The van der Waals surface area contributed by atoms with Gasteiger partial charge >= 0.3 is 0 Å². The Morgan fingerprint density at radius 1 is 1.28 bits per heavy atom. The quantitative estimate of drug-likeness (QED) is 0.498. The Hall–Kier alpha value is -1.75. The first-order valence-electron chi connectivity index (χ1n) is 5.97. The number of aldehydes is 1. The molecule has 2 rings (SSSR count). The average Bonchev–Trinajstić information content (AvgIpc) is 2.39. The molecule has 0 saturated heterocycles. The monoisotopic (exact) mass is 249 g/mol. The van der Waals surface area contributed by atoms with Crippen LogP contribution in [0, 0.1) is 16.0 Å². The van der Waals surface area contributed by atoms with Crippen LogP contribution >= 0.6 is 0 Å². The maximum atomic E-state index is 11.1. The predicted octanol–water partition coefficient (Wildman–Crippen LogP) is 1.39. The molecule has 0 spiro atoms. The first-order chi connectivity index (χ1) is 8.65. The average molecular weight is 249 g/mol. The molecular weight excluding hydrogens is 234 g/mol. The molecule has 0 heterocycles. The van der Waals surface area contributed by atoms with Gasteiger partial charge in [-0.2, -0.15) is 0 Å². The number of aliphatic hydroxyl groups is 1. The van der Waals surface area contributed by atoms with E-state index in [9.17, 15) is 20.0 Å². The maximum Gasteiger partial charge on any atom is 0.245 e. The van der Waals surface area contributed by atoms with Crippen LogP contribution < -0.4 is 0 Å². The van der Waals surface area contributed by atoms with Crippen LogP contribution in [-0.4, -0.2) is 28.5 Å². The summed E-state index contributed by atoms with van der Waals surface area (Å²) < 4.78 is 0. The summed E-state index contributed by atoms with van der Waals surface area (Å²) in [4.78, 5) is 21.8. The summed E-state index contributed by atoms with van der Waals surface area (Å²) in [6.45, 7) is 0. The summed E-state index contributed by atoms with van der Waals surface area (Å²) in [5.74, 6) is -0.936. The Bertz CT molecular complexity index is 434. The summed E-state index contributed by atoms with van der Waals surface area (Å²) >= 11 is 0. The highest BCUT2D eigenvalue weighted by Crippen LogP contribution is 2.38. The summed E-state index contributed by atoms with van der Waals surface area (Å²) in [6.07, 6.45) is 0.592. The number of hydrogen-bond acceptors (Lipinski definition) is 4. The predicted molar refractivity (Wildman–Crippen MR) is 64.8 cm³/mol. The number of hydrogen-bond donors (Lipinski definition) is 1. The lowest BCUT2D eigenvalue weighted by atomic mass is 9.72. The minimum atomic E-state index is -1.10. The number of rotatable bonds is 3. The van der Waals surface area contributed by atoms with E-state index in [1.165, 1.54) is 0 Å². The Kier molecular flexibility index (Phi) is 3.72. The van der Waals surface area contributed by atoms with Crippen molar-refractivity contribution in [3.05, 3.63) is 46.0 Å². The van der Waals surface area contributed by atoms with Gasteiger partial charge in [0.05, 0.1) is 5.92 Å². The zero-order valence-corrected chi connectivity index (χ0v) is 9.81. The highest BCUT2D eigenvalue weighted by Gasteiger charge is 2.47. The fourth-order valence-corrected chi connectivity index (χ4v) is 2.75. The van der Waals surface area contributed by atoms with Crippen molar-refractivity contribution in [1.82, 2.24) is 0 Å². The Morgan fingerprint density at radius 3 is 2.50 bits per heavy atom. The molecule has 1 aliphatic carbocycles. The van der Waals surface area contributed by atoms with Gasteiger partial charge in [0, 0.05) is 10.8 Å². The molecule has 0 aromatic heterocycles. The molecule has 5 heteroatoms.